The summed E-state index contributed by atoms with van der Waals surface area (Å²) in [5.74, 6) is 0.851. The van der Waals surface area contributed by atoms with Crippen LogP contribution in [-0.2, 0) is 13.2 Å². The van der Waals surface area contributed by atoms with Gasteiger partial charge in [0.15, 0.2) is 0 Å². The first-order valence-electron chi connectivity index (χ1n) is 7.13. The smallest absolute Gasteiger partial charge is 0.141 e. The van der Waals surface area contributed by atoms with Crippen LogP contribution in [0.4, 0.5) is 0 Å². The van der Waals surface area contributed by atoms with Crippen molar-refractivity contribution < 1.29 is 4.74 Å². The van der Waals surface area contributed by atoms with Crippen molar-refractivity contribution in [3.8, 4) is 5.75 Å². The molecule has 1 aromatic carbocycles. The molecule has 0 fully saturated rings. The summed E-state index contributed by atoms with van der Waals surface area (Å²) in [6.45, 7) is 6.64. The Labute approximate surface area is 121 Å². The molecule has 0 bridgehead atoms. The minimum Gasteiger partial charge on any atom is -0.487 e. The van der Waals surface area contributed by atoms with Gasteiger partial charge in [0.05, 0.1) is 5.69 Å². The number of hydrogen-bond donors (Lipinski definition) is 1. The number of aryl methyl sites for hydroxylation is 1. The summed E-state index contributed by atoms with van der Waals surface area (Å²) < 4.78 is 5.88. The van der Waals surface area contributed by atoms with E-state index in [-0.39, 0.29) is 0 Å². The van der Waals surface area contributed by atoms with Crippen molar-refractivity contribution in [2.24, 2.45) is 0 Å². The summed E-state index contributed by atoms with van der Waals surface area (Å²) in [7, 11) is 0. The van der Waals surface area contributed by atoms with Crippen molar-refractivity contribution in [3.05, 3.63) is 59.4 Å². The third-order valence-electron chi connectivity index (χ3n) is 3.20. The second-order valence-corrected chi connectivity index (χ2v) is 4.82. The molecule has 0 spiro atoms. The number of nitrogens with one attached hydrogen (secondary N) is 1. The Morgan fingerprint density at radius 2 is 1.90 bits per heavy atom. The van der Waals surface area contributed by atoms with Crippen LogP contribution in [0, 0.1) is 6.92 Å². The van der Waals surface area contributed by atoms with E-state index in [4.69, 9.17) is 4.74 Å². The van der Waals surface area contributed by atoms with Crippen LogP contribution in [0.1, 0.15) is 30.2 Å². The molecule has 1 aromatic heterocycles. The Morgan fingerprint density at radius 3 is 2.65 bits per heavy atom. The van der Waals surface area contributed by atoms with E-state index in [9.17, 15) is 0 Å². The standard InChI is InChI=1S/C17H22N2O/c1-3-10-18-12-15-7-4-5-8-16(15)13-20-17-9-6-11-19-14(17)2/h4-9,11,18H,3,10,12-13H2,1-2H3. The summed E-state index contributed by atoms with van der Waals surface area (Å²) in [6, 6.07) is 12.3. The number of rotatable bonds is 7. The van der Waals surface area contributed by atoms with E-state index < -0.39 is 0 Å². The summed E-state index contributed by atoms with van der Waals surface area (Å²) in [4.78, 5) is 4.24. The van der Waals surface area contributed by atoms with Gasteiger partial charge in [0.2, 0.25) is 0 Å². The van der Waals surface area contributed by atoms with Crippen molar-refractivity contribution in [1.82, 2.24) is 10.3 Å². The van der Waals surface area contributed by atoms with Crippen LogP contribution in [0.3, 0.4) is 0 Å². The van der Waals surface area contributed by atoms with Gasteiger partial charge in [0.25, 0.3) is 0 Å². The molecule has 1 heterocycles. The fourth-order valence-electron chi connectivity index (χ4n) is 2.05. The van der Waals surface area contributed by atoms with E-state index in [1.807, 2.05) is 19.1 Å². The Kier molecular flexibility index (Phi) is 5.56. The molecule has 3 heteroatoms. The van der Waals surface area contributed by atoms with Crippen LogP contribution in [0.2, 0.25) is 0 Å². The average molecular weight is 270 g/mol. The Bertz CT molecular complexity index is 540. The molecule has 0 radical (unpaired) electrons. The topological polar surface area (TPSA) is 34.1 Å². The summed E-state index contributed by atoms with van der Waals surface area (Å²) in [6.07, 6.45) is 2.93. The highest BCUT2D eigenvalue weighted by atomic mass is 16.5. The lowest BCUT2D eigenvalue weighted by atomic mass is 10.1. The normalized spacial score (nSPS) is 10.5. The maximum Gasteiger partial charge on any atom is 0.141 e. The van der Waals surface area contributed by atoms with Gasteiger partial charge < -0.3 is 10.1 Å². The minimum absolute atomic E-state index is 0.580. The van der Waals surface area contributed by atoms with E-state index in [1.165, 1.54) is 11.1 Å². The van der Waals surface area contributed by atoms with Gasteiger partial charge in [-0.3, -0.25) is 4.98 Å². The second kappa shape index (κ2) is 7.65. The summed E-state index contributed by atoms with van der Waals surface area (Å²) in [5.41, 5.74) is 3.44. The summed E-state index contributed by atoms with van der Waals surface area (Å²) >= 11 is 0. The van der Waals surface area contributed by atoms with Gasteiger partial charge in [0, 0.05) is 12.7 Å². The van der Waals surface area contributed by atoms with E-state index >= 15 is 0 Å². The average Bonchev–Trinajstić information content (AvgIpc) is 2.48. The number of ether oxygens (including phenoxy) is 1. The number of benzene rings is 1. The first-order valence-corrected chi connectivity index (χ1v) is 7.13. The molecule has 0 aliphatic heterocycles. The molecule has 20 heavy (non-hydrogen) atoms. The van der Waals surface area contributed by atoms with Crippen LogP contribution >= 0.6 is 0 Å². The molecule has 106 valence electrons. The lowest BCUT2D eigenvalue weighted by molar-refractivity contribution is 0.301. The molecule has 0 amide bonds. The fraction of sp³-hybridized carbons (Fsp3) is 0.353. The molecular formula is C17H22N2O. The Balaban J connectivity index is 2.00. The second-order valence-electron chi connectivity index (χ2n) is 4.82. The third kappa shape index (κ3) is 4.07. The molecule has 0 unspecified atom stereocenters. The molecule has 0 saturated carbocycles. The van der Waals surface area contributed by atoms with E-state index in [0.29, 0.717) is 6.61 Å². The van der Waals surface area contributed by atoms with Crippen LogP contribution in [0.5, 0.6) is 5.75 Å². The lowest BCUT2D eigenvalue weighted by Gasteiger charge is -2.12. The Morgan fingerprint density at radius 1 is 1.10 bits per heavy atom. The monoisotopic (exact) mass is 270 g/mol. The van der Waals surface area contributed by atoms with Gasteiger partial charge in [-0.05, 0) is 43.1 Å². The zero-order chi connectivity index (χ0) is 14.2. The predicted molar refractivity (Wildman–Crippen MR) is 81.7 cm³/mol. The Hall–Kier alpha value is -1.87. The molecule has 2 rings (SSSR count). The van der Waals surface area contributed by atoms with Crippen molar-refractivity contribution in [2.75, 3.05) is 6.54 Å². The van der Waals surface area contributed by atoms with Gasteiger partial charge in [-0.15, -0.1) is 0 Å². The molecule has 0 aliphatic rings. The highest BCUT2D eigenvalue weighted by Crippen LogP contribution is 2.17. The third-order valence-corrected chi connectivity index (χ3v) is 3.20. The first-order chi connectivity index (χ1) is 9.81. The number of aromatic nitrogens is 1. The highest BCUT2D eigenvalue weighted by molar-refractivity contribution is 5.29. The highest BCUT2D eigenvalue weighted by Gasteiger charge is 2.04. The van der Waals surface area contributed by atoms with Crippen molar-refractivity contribution in [2.45, 2.75) is 33.4 Å². The van der Waals surface area contributed by atoms with Crippen LogP contribution in [0.15, 0.2) is 42.6 Å². The zero-order valence-electron chi connectivity index (χ0n) is 12.2. The van der Waals surface area contributed by atoms with E-state index in [0.717, 1.165) is 31.0 Å². The van der Waals surface area contributed by atoms with Gasteiger partial charge in [-0.25, -0.2) is 0 Å². The van der Waals surface area contributed by atoms with E-state index in [1.54, 1.807) is 6.20 Å². The van der Waals surface area contributed by atoms with Crippen molar-refractivity contribution in [3.63, 3.8) is 0 Å². The molecular weight excluding hydrogens is 248 g/mol. The minimum atomic E-state index is 0.580. The van der Waals surface area contributed by atoms with Gasteiger partial charge in [-0.1, -0.05) is 31.2 Å². The van der Waals surface area contributed by atoms with Crippen molar-refractivity contribution >= 4 is 0 Å². The maximum absolute atomic E-state index is 5.88. The zero-order valence-corrected chi connectivity index (χ0v) is 12.2. The van der Waals surface area contributed by atoms with Crippen LogP contribution in [-0.4, -0.2) is 11.5 Å². The first kappa shape index (κ1) is 14.5. The van der Waals surface area contributed by atoms with E-state index in [2.05, 4.69) is 41.5 Å². The molecule has 0 saturated heterocycles. The van der Waals surface area contributed by atoms with Gasteiger partial charge in [-0.2, -0.15) is 0 Å². The molecule has 2 aromatic rings. The van der Waals surface area contributed by atoms with Gasteiger partial charge in [0.1, 0.15) is 12.4 Å². The summed E-state index contributed by atoms with van der Waals surface area (Å²) in [5, 5.41) is 3.43. The quantitative estimate of drug-likeness (QED) is 0.782. The SMILES string of the molecule is CCCNCc1ccccc1COc1cccnc1C. The predicted octanol–water partition coefficient (Wildman–Crippen LogP) is 3.47. The number of nitrogens with zero attached hydrogens (tertiary/aromatic N) is 1. The largest absolute Gasteiger partial charge is 0.487 e. The van der Waals surface area contributed by atoms with Crippen LogP contribution < -0.4 is 10.1 Å². The number of hydrogen-bond acceptors (Lipinski definition) is 3. The van der Waals surface area contributed by atoms with Crippen LogP contribution in [0.25, 0.3) is 0 Å². The molecule has 1 N–H and O–H groups in total. The van der Waals surface area contributed by atoms with Gasteiger partial charge >= 0.3 is 0 Å². The lowest BCUT2D eigenvalue weighted by Crippen LogP contribution is -2.15. The molecule has 3 nitrogen and oxygen atoms in total. The van der Waals surface area contributed by atoms with Crippen molar-refractivity contribution in [1.29, 1.82) is 0 Å². The number of pyridine rings is 1. The molecule has 0 aliphatic carbocycles. The molecule has 0 atom stereocenters. The fourth-order valence-corrected chi connectivity index (χ4v) is 2.05. The maximum atomic E-state index is 5.88.